The van der Waals surface area contributed by atoms with E-state index in [0.717, 1.165) is 21.9 Å². The molecule has 218 valence electrons. The number of hydrogen-bond acceptors (Lipinski definition) is 5. The lowest BCUT2D eigenvalue weighted by atomic mass is 9.96. The molecular formula is C33H35BrN4O4. The van der Waals surface area contributed by atoms with E-state index in [-0.39, 0.29) is 24.1 Å². The van der Waals surface area contributed by atoms with E-state index in [1.165, 1.54) is 0 Å². The molecule has 8 nitrogen and oxygen atoms in total. The number of halogens is 1. The zero-order chi connectivity index (χ0) is 30.2. The minimum absolute atomic E-state index is 0.0848. The van der Waals surface area contributed by atoms with Crippen molar-refractivity contribution in [1.82, 2.24) is 10.6 Å². The molecule has 42 heavy (non-hydrogen) atoms. The van der Waals surface area contributed by atoms with Gasteiger partial charge in [-0.1, -0.05) is 42.5 Å². The summed E-state index contributed by atoms with van der Waals surface area (Å²) >= 11 is 3.78. The van der Waals surface area contributed by atoms with Crippen LogP contribution in [-0.2, 0) is 16.0 Å². The molecule has 1 aromatic heterocycles. The Morgan fingerprint density at radius 3 is 2.57 bits per heavy atom. The lowest BCUT2D eigenvalue weighted by Gasteiger charge is -2.30. The number of para-hydroxylation sites is 1. The van der Waals surface area contributed by atoms with E-state index in [1.807, 2.05) is 62.4 Å². The second kappa shape index (κ2) is 11.7. The third kappa shape index (κ3) is 5.71. The summed E-state index contributed by atoms with van der Waals surface area (Å²) in [4.78, 5) is 42.4. The van der Waals surface area contributed by atoms with Gasteiger partial charge in [-0.2, -0.15) is 0 Å². The maximum atomic E-state index is 14.3. The molecule has 1 aliphatic rings. The van der Waals surface area contributed by atoms with E-state index in [4.69, 9.17) is 10.2 Å². The molecule has 3 aromatic carbocycles. The number of benzene rings is 3. The van der Waals surface area contributed by atoms with Crippen LogP contribution in [0.2, 0.25) is 0 Å². The average molecular weight is 632 g/mol. The second-order valence-corrected chi connectivity index (χ2v) is 12.2. The number of anilines is 2. The van der Waals surface area contributed by atoms with E-state index in [0.29, 0.717) is 52.1 Å². The summed E-state index contributed by atoms with van der Waals surface area (Å²) in [7, 11) is 0. The van der Waals surface area contributed by atoms with Gasteiger partial charge in [-0.05, 0) is 79.7 Å². The molecule has 0 spiro atoms. The quantitative estimate of drug-likeness (QED) is 0.227. The van der Waals surface area contributed by atoms with Crippen molar-refractivity contribution in [2.24, 2.45) is 5.73 Å². The maximum absolute atomic E-state index is 14.3. The van der Waals surface area contributed by atoms with Crippen LogP contribution < -0.4 is 21.3 Å². The van der Waals surface area contributed by atoms with Crippen molar-refractivity contribution in [3.8, 4) is 11.3 Å². The van der Waals surface area contributed by atoms with Gasteiger partial charge < -0.3 is 20.8 Å². The summed E-state index contributed by atoms with van der Waals surface area (Å²) in [5, 5.41) is 7.63. The van der Waals surface area contributed by atoms with Crippen LogP contribution in [0.15, 0.2) is 69.8 Å². The first kappa shape index (κ1) is 29.5. The van der Waals surface area contributed by atoms with Gasteiger partial charge in [0.25, 0.3) is 11.8 Å². The Balaban J connectivity index is 1.69. The fourth-order valence-electron chi connectivity index (χ4n) is 5.49. The summed E-state index contributed by atoms with van der Waals surface area (Å²) in [6.07, 6.45) is 2.78. The summed E-state index contributed by atoms with van der Waals surface area (Å²) in [6, 6.07) is 16.4. The number of nitrogens with one attached hydrogen (secondary N) is 2. The Morgan fingerprint density at radius 1 is 1.12 bits per heavy atom. The molecule has 2 heterocycles. The molecule has 3 amide bonds. The predicted octanol–water partition coefficient (Wildman–Crippen LogP) is 6.14. The largest absolute Gasteiger partial charge is 0.463 e. The smallest absolute Gasteiger partial charge is 0.254 e. The number of fused-ring (bicyclic) bond motifs is 2. The molecular weight excluding hydrogens is 596 g/mol. The molecule has 4 N–H and O–H groups in total. The predicted molar refractivity (Wildman–Crippen MR) is 169 cm³/mol. The molecule has 1 unspecified atom stereocenters. The molecule has 0 fully saturated rings. The lowest BCUT2D eigenvalue weighted by molar-refractivity contribution is -0.127. The lowest BCUT2D eigenvalue weighted by Crippen LogP contribution is -2.49. The molecule has 1 atom stereocenters. The molecule has 0 saturated carbocycles. The average Bonchev–Trinajstić information content (AvgIpc) is 3.31. The Hall–Kier alpha value is -3.95. The van der Waals surface area contributed by atoms with Crippen molar-refractivity contribution < 1.29 is 18.8 Å². The van der Waals surface area contributed by atoms with Crippen molar-refractivity contribution in [2.45, 2.75) is 58.5 Å². The van der Waals surface area contributed by atoms with Gasteiger partial charge in [0.2, 0.25) is 5.91 Å². The number of hydrogen-bond donors (Lipinski definition) is 3. The van der Waals surface area contributed by atoms with Crippen LogP contribution in [0.25, 0.3) is 22.1 Å². The molecule has 9 heteroatoms. The van der Waals surface area contributed by atoms with Crippen molar-refractivity contribution in [3.05, 3.63) is 82.0 Å². The van der Waals surface area contributed by atoms with E-state index in [9.17, 15) is 14.4 Å². The topological polar surface area (TPSA) is 118 Å². The van der Waals surface area contributed by atoms with Crippen molar-refractivity contribution >= 4 is 55.8 Å². The highest BCUT2D eigenvalue weighted by atomic mass is 79.9. The number of carbonyl (C=O) groups is 3. The summed E-state index contributed by atoms with van der Waals surface area (Å²) in [5.41, 5.74) is 9.31. The van der Waals surface area contributed by atoms with E-state index in [2.05, 4.69) is 26.6 Å². The minimum Gasteiger partial charge on any atom is -0.463 e. The maximum Gasteiger partial charge on any atom is 0.254 e. The molecule has 0 bridgehead atoms. The van der Waals surface area contributed by atoms with Crippen LogP contribution in [0.5, 0.6) is 0 Å². The number of nitrogens with two attached hydrogens (primary N) is 1. The first-order valence-electron chi connectivity index (χ1n) is 14.1. The van der Waals surface area contributed by atoms with Crippen LogP contribution in [0.3, 0.4) is 0 Å². The monoisotopic (exact) mass is 630 g/mol. The van der Waals surface area contributed by atoms with Crippen LogP contribution in [0.4, 0.5) is 11.4 Å². The summed E-state index contributed by atoms with van der Waals surface area (Å²) in [5.74, 6) is -0.296. The Kier molecular flexibility index (Phi) is 8.25. The van der Waals surface area contributed by atoms with Crippen LogP contribution in [0.1, 0.15) is 55.1 Å². The number of aryl methyl sites for hydroxylation is 1. The van der Waals surface area contributed by atoms with Gasteiger partial charge in [0.15, 0.2) is 0 Å². The Morgan fingerprint density at radius 2 is 1.83 bits per heavy atom. The molecule has 0 aliphatic carbocycles. The van der Waals surface area contributed by atoms with Gasteiger partial charge in [-0.25, -0.2) is 0 Å². The van der Waals surface area contributed by atoms with Gasteiger partial charge in [0.05, 0.1) is 23.2 Å². The summed E-state index contributed by atoms with van der Waals surface area (Å²) < 4.78 is 6.68. The number of carbonyl (C=O) groups excluding carboxylic acids is 3. The van der Waals surface area contributed by atoms with Gasteiger partial charge in [0.1, 0.15) is 11.8 Å². The number of amides is 3. The normalized spacial score (nSPS) is 15.3. The number of nitrogens with zero attached hydrogens (tertiary/aromatic N) is 1. The van der Waals surface area contributed by atoms with Crippen molar-refractivity contribution in [2.75, 3.05) is 11.4 Å². The second-order valence-electron chi connectivity index (χ2n) is 11.4. The van der Waals surface area contributed by atoms with E-state index < -0.39 is 11.6 Å². The first-order chi connectivity index (χ1) is 20.0. The highest BCUT2D eigenvalue weighted by molar-refractivity contribution is 9.10. The van der Waals surface area contributed by atoms with Gasteiger partial charge >= 0.3 is 0 Å². The van der Waals surface area contributed by atoms with Crippen LogP contribution in [-0.4, -0.2) is 35.8 Å². The fraction of sp³-hybridized carbons (Fsp3) is 0.303. The van der Waals surface area contributed by atoms with E-state index >= 15 is 0 Å². The zero-order valence-corrected chi connectivity index (χ0v) is 25.8. The van der Waals surface area contributed by atoms with Crippen LogP contribution in [0, 0.1) is 6.92 Å². The highest BCUT2D eigenvalue weighted by Crippen LogP contribution is 2.45. The third-order valence-electron chi connectivity index (χ3n) is 7.45. The SMILES string of the molecule is CCNC(=O)c1cc(N2C(=O)C(NC(=O)CC(C)(C)N)CCc3ccccc32)c(C)c(Br)c1-c1occ2ccccc12. The highest BCUT2D eigenvalue weighted by Gasteiger charge is 2.35. The van der Waals surface area contributed by atoms with Gasteiger partial charge in [-0.3, -0.25) is 19.3 Å². The van der Waals surface area contributed by atoms with Gasteiger partial charge in [-0.15, -0.1) is 0 Å². The molecule has 0 saturated heterocycles. The standard InChI is InChI=1S/C33H35BrN4O4/c1-5-36-31(40)23-16-26(19(2)29(34)28(23)30-22-12-8-6-11-21(22)18-42-30)38-25-13-9-7-10-20(25)14-15-24(32(38)41)37-27(39)17-33(3,4)35/h6-13,16,18,24H,5,14-15,17,35H2,1-4H3,(H,36,40)(H,37,39). The fourth-order valence-corrected chi connectivity index (χ4v) is 6.09. The van der Waals surface area contributed by atoms with E-state index in [1.54, 1.807) is 31.1 Å². The first-order valence-corrected chi connectivity index (χ1v) is 14.9. The Labute approximate surface area is 253 Å². The van der Waals surface area contributed by atoms with Crippen molar-refractivity contribution in [1.29, 1.82) is 0 Å². The third-order valence-corrected chi connectivity index (χ3v) is 8.44. The Bertz CT molecular complexity index is 1690. The van der Waals surface area contributed by atoms with Crippen molar-refractivity contribution in [3.63, 3.8) is 0 Å². The zero-order valence-electron chi connectivity index (χ0n) is 24.2. The molecule has 1 aliphatic heterocycles. The van der Waals surface area contributed by atoms with Crippen LogP contribution >= 0.6 is 15.9 Å². The summed E-state index contributed by atoms with van der Waals surface area (Å²) in [6.45, 7) is 7.73. The molecule has 5 rings (SSSR count). The number of rotatable bonds is 7. The van der Waals surface area contributed by atoms with Gasteiger partial charge in [0, 0.05) is 39.3 Å². The minimum atomic E-state index is -0.771. The number of furan rings is 1. The molecule has 4 aromatic rings. The molecule has 0 radical (unpaired) electrons.